The third-order valence-electron chi connectivity index (χ3n) is 3.28. The molecule has 0 saturated carbocycles. The van der Waals surface area contributed by atoms with Crippen molar-refractivity contribution in [2.24, 2.45) is 5.73 Å². The van der Waals surface area contributed by atoms with Crippen molar-refractivity contribution >= 4 is 0 Å². The standard InChI is InChI=1S/C16H23N3O2/c1-3-5-14(20-4-2)15-18-16(21-19-15)13-8-6-12(7-9-13)10-11-17/h6-9,14H,3-5,10-11,17H2,1-2H3. The molecule has 0 bridgehead atoms. The highest BCUT2D eigenvalue weighted by Crippen LogP contribution is 2.24. The monoisotopic (exact) mass is 289 g/mol. The Morgan fingerprint density at radius 3 is 2.62 bits per heavy atom. The van der Waals surface area contributed by atoms with Crippen LogP contribution in [0.1, 0.15) is 44.2 Å². The minimum Gasteiger partial charge on any atom is -0.370 e. The predicted molar refractivity (Wildman–Crippen MR) is 81.8 cm³/mol. The van der Waals surface area contributed by atoms with Gasteiger partial charge in [-0.05, 0) is 44.0 Å². The van der Waals surface area contributed by atoms with E-state index in [1.807, 2.05) is 31.2 Å². The number of hydrogen-bond donors (Lipinski definition) is 1. The highest BCUT2D eigenvalue weighted by Gasteiger charge is 2.18. The van der Waals surface area contributed by atoms with Crippen molar-refractivity contribution in [2.45, 2.75) is 39.2 Å². The molecular formula is C16H23N3O2. The zero-order chi connectivity index (χ0) is 15.1. The van der Waals surface area contributed by atoms with Crippen molar-refractivity contribution in [3.8, 4) is 11.5 Å². The minimum absolute atomic E-state index is 0.0889. The van der Waals surface area contributed by atoms with Gasteiger partial charge in [0, 0.05) is 12.2 Å². The van der Waals surface area contributed by atoms with E-state index in [1.165, 1.54) is 5.56 Å². The quantitative estimate of drug-likeness (QED) is 0.808. The highest BCUT2D eigenvalue weighted by molar-refractivity contribution is 5.53. The summed E-state index contributed by atoms with van der Waals surface area (Å²) < 4.78 is 11.0. The molecule has 1 aromatic heterocycles. The molecule has 21 heavy (non-hydrogen) atoms. The Labute approximate surface area is 125 Å². The van der Waals surface area contributed by atoms with Gasteiger partial charge in [-0.3, -0.25) is 0 Å². The smallest absolute Gasteiger partial charge is 0.258 e. The molecule has 0 amide bonds. The summed E-state index contributed by atoms with van der Waals surface area (Å²) in [5.41, 5.74) is 7.67. The van der Waals surface area contributed by atoms with Crippen LogP contribution in [0.3, 0.4) is 0 Å². The van der Waals surface area contributed by atoms with E-state index in [4.69, 9.17) is 15.0 Å². The van der Waals surface area contributed by atoms with Gasteiger partial charge in [-0.15, -0.1) is 0 Å². The van der Waals surface area contributed by atoms with Crippen molar-refractivity contribution in [1.82, 2.24) is 10.1 Å². The van der Waals surface area contributed by atoms with Gasteiger partial charge >= 0.3 is 0 Å². The van der Waals surface area contributed by atoms with E-state index < -0.39 is 0 Å². The number of nitrogens with two attached hydrogens (primary N) is 1. The van der Waals surface area contributed by atoms with Gasteiger partial charge in [-0.1, -0.05) is 30.6 Å². The number of ether oxygens (including phenoxy) is 1. The topological polar surface area (TPSA) is 74.2 Å². The fraction of sp³-hybridized carbons (Fsp3) is 0.500. The first-order valence-corrected chi connectivity index (χ1v) is 7.53. The molecule has 1 unspecified atom stereocenters. The molecule has 114 valence electrons. The van der Waals surface area contributed by atoms with Crippen LogP contribution in [0.4, 0.5) is 0 Å². The molecule has 0 radical (unpaired) electrons. The Bertz CT molecular complexity index is 531. The van der Waals surface area contributed by atoms with Crippen LogP contribution in [0.25, 0.3) is 11.5 Å². The largest absolute Gasteiger partial charge is 0.370 e. The Balaban J connectivity index is 2.14. The zero-order valence-corrected chi connectivity index (χ0v) is 12.7. The molecular weight excluding hydrogens is 266 g/mol. The normalized spacial score (nSPS) is 12.5. The van der Waals surface area contributed by atoms with Crippen molar-refractivity contribution < 1.29 is 9.26 Å². The van der Waals surface area contributed by atoms with Crippen molar-refractivity contribution in [3.05, 3.63) is 35.7 Å². The average Bonchev–Trinajstić information content (AvgIpc) is 2.98. The van der Waals surface area contributed by atoms with Gasteiger partial charge in [0.2, 0.25) is 5.82 Å². The van der Waals surface area contributed by atoms with Crippen LogP contribution < -0.4 is 5.73 Å². The van der Waals surface area contributed by atoms with E-state index in [2.05, 4.69) is 17.1 Å². The molecule has 1 heterocycles. The van der Waals surface area contributed by atoms with Crippen LogP contribution in [0.2, 0.25) is 0 Å². The van der Waals surface area contributed by atoms with E-state index in [9.17, 15) is 0 Å². The Kier molecular flexibility index (Phi) is 5.90. The Morgan fingerprint density at radius 1 is 1.24 bits per heavy atom. The summed E-state index contributed by atoms with van der Waals surface area (Å²) in [5.74, 6) is 1.16. The van der Waals surface area contributed by atoms with E-state index >= 15 is 0 Å². The highest BCUT2D eigenvalue weighted by atomic mass is 16.5. The van der Waals surface area contributed by atoms with Crippen LogP contribution in [0.15, 0.2) is 28.8 Å². The minimum atomic E-state index is -0.0889. The Morgan fingerprint density at radius 2 is 2.00 bits per heavy atom. The number of benzene rings is 1. The van der Waals surface area contributed by atoms with Gasteiger partial charge in [-0.2, -0.15) is 4.98 Å². The molecule has 2 N–H and O–H groups in total. The predicted octanol–water partition coefficient (Wildman–Crippen LogP) is 3.12. The van der Waals surface area contributed by atoms with Crippen molar-refractivity contribution in [1.29, 1.82) is 0 Å². The first-order chi connectivity index (χ1) is 10.3. The summed E-state index contributed by atoms with van der Waals surface area (Å²) in [6, 6.07) is 8.05. The summed E-state index contributed by atoms with van der Waals surface area (Å²) in [5, 5.41) is 4.06. The molecule has 1 aromatic carbocycles. The number of nitrogens with zero attached hydrogens (tertiary/aromatic N) is 2. The first kappa shape index (κ1) is 15.7. The number of aromatic nitrogens is 2. The fourth-order valence-corrected chi connectivity index (χ4v) is 2.21. The van der Waals surface area contributed by atoms with Crippen molar-refractivity contribution in [3.63, 3.8) is 0 Å². The summed E-state index contributed by atoms with van der Waals surface area (Å²) in [7, 11) is 0. The molecule has 5 heteroatoms. The van der Waals surface area contributed by atoms with Gasteiger partial charge in [0.15, 0.2) is 0 Å². The SMILES string of the molecule is CCCC(OCC)c1noc(-c2ccc(CCN)cc2)n1. The van der Waals surface area contributed by atoms with Gasteiger partial charge in [0.1, 0.15) is 6.10 Å². The lowest BCUT2D eigenvalue weighted by molar-refractivity contribution is 0.0478. The maximum absolute atomic E-state index is 5.67. The van der Waals surface area contributed by atoms with E-state index in [-0.39, 0.29) is 6.10 Å². The lowest BCUT2D eigenvalue weighted by atomic mass is 10.1. The number of rotatable bonds is 8. The van der Waals surface area contributed by atoms with Gasteiger partial charge in [-0.25, -0.2) is 0 Å². The second-order valence-electron chi connectivity index (χ2n) is 4.93. The zero-order valence-electron chi connectivity index (χ0n) is 12.7. The molecule has 1 atom stereocenters. The maximum atomic E-state index is 5.67. The van der Waals surface area contributed by atoms with Gasteiger partial charge < -0.3 is 15.0 Å². The summed E-state index contributed by atoms with van der Waals surface area (Å²) in [4.78, 5) is 4.47. The molecule has 2 aromatic rings. The van der Waals surface area contributed by atoms with E-state index in [0.717, 1.165) is 24.8 Å². The second kappa shape index (κ2) is 7.90. The summed E-state index contributed by atoms with van der Waals surface area (Å²) >= 11 is 0. The maximum Gasteiger partial charge on any atom is 0.258 e. The fourth-order valence-electron chi connectivity index (χ4n) is 2.21. The van der Waals surface area contributed by atoms with E-state index in [1.54, 1.807) is 0 Å². The summed E-state index contributed by atoms with van der Waals surface area (Å²) in [6.07, 6.45) is 2.69. The first-order valence-electron chi connectivity index (χ1n) is 7.53. The van der Waals surface area contributed by atoms with Crippen LogP contribution in [-0.4, -0.2) is 23.3 Å². The third-order valence-corrected chi connectivity index (χ3v) is 3.28. The third kappa shape index (κ3) is 4.12. The molecule has 0 fully saturated rings. The molecule has 0 aliphatic heterocycles. The molecule has 0 aliphatic rings. The second-order valence-corrected chi connectivity index (χ2v) is 4.93. The van der Waals surface area contributed by atoms with Gasteiger partial charge in [0.25, 0.3) is 5.89 Å². The molecule has 0 saturated heterocycles. The lowest BCUT2D eigenvalue weighted by Gasteiger charge is -2.11. The molecule has 0 aliphatic carbocycles. The lowest BCUT2D eigenvalue weighted by Crippen LogP contribution is -2.05. The van der Waals surface area contributed by atoms with Crippen LogP contribution in [-0.2, 0) is 11.2 Å². The summed E-state index contributed by atoms with van der Waals surface area (Å²) in [6.45, 7) is 5.38. The van der Waals surface area contributed by atoms with Crippen LogP contribution in [0.5, 0.6) is 0 Å². The molecule has 2 rings (SSSR count). The molecule has 5 nitrogen and oxygen atoms in total. The van der Waals surface area contributed by atoms with Crippen molar-refractivity contribution in [2.75, 3.05) is 13.2 Å². The van der Waals surface area contributed by atoms with E-state index in [0.29, 0.717) is 24.9 Å². The Hall–Kier alpha value is -1.72. The van der Waals surface area contributed by atoms with Crippen LogP contribution in [0, 0.1) is 0 Å². The average molecular weight is 289 g/mol. The molecule has 0 spiro atoms. The van der Waals surface area contributed by atoms with Crippen LogP contribution >= 0.6 is 0 Å². The van der Waals surface area contributed by atoms with Gasteiger partial charge in [0.05, 0.1) is 0 Å². The number of hydrogen-bond acceptors (Lipinski definition) is 5.